The number of carbonyl (C=O) groups excluding carboxylic acids is 2. The first kappa shape index (κ1) is 12.4. The summed E-state index contributed by atoms with van der Waals surface area (Å²) in [5.74, 6) is -0.235. The molecule has 2 amide bonds. The zero-order chi connectivity index (χ0) is 13.9. The van der Waals surface area contributed by atoms with Crippen LogP contribution < -0.4 is 10.2 Å². The number of para-hydroxylation sites is 2. The number of rotatable bonds is 3. The average molecular weight is 270 g/mol. The van der Waals surface area contributed by atoms with Gasteiger partial charge in [0, 0.05) is 25.4 Å². The number of anilines is 2. The summed E-state index contributed by atoms with van der Waals surface area (Å²) in [6.07, 6.45) is 5.49. The third kappa shape index (κ3) is 2.40. The maximum atomic E-state index is 12.3. The van der Waals surface area contributed by atoms with Crippen LogP contribution in [0.4, 0.5) is 11.4 Å². The van der Waals surface area contributed by atoms with Crippen LogP contribution in [0.15, 0.2) is 43.0 Å². The second-order valence-electron chi connectivity index (χ2n) is 4.60. The van der Waals surface area contributed by atoms with Crippen LogP contribution in [0.25, 0.3) is 0 Å². The topological polar surface area (TPSA) is 67.2 Å². The minimum Gasteiger partial charge on any atom is -0.337 e. The van der Waals surface area contributed by atoms with Crippen molar-refractivity contribution in [3.8, 4) is 0 Å². The minimum atomic E-state index is -0.167. The van der Waals surface area contributed by atoms with Gasteiger partial charge in [0.05, 0.1) is 17.7 Å². The van der Waals surface area contributed by atoms with E-state index in [1.807, 2.05) is 29.0 Å². The van der Waals surface area contributed by atoms with Crippen molar-refractivity contribution in [1.82, 2.24) is 9.55 Å². The summed E-state index contributed by atoms with van der Waals surface area (Å²) in [6.45, 7) is 0.624. The van der Waals surface area contributed by atoms with Crippen LogP contribution in [0.1, 0.15) is 6.42 Å². The van der Waals surface area contributed by atoms with Gasteiger partial charge in [0.25, 0.3) is 0 Å². The van der Waals surface area contributed by atoms with Crippen molar-refractivity contribution in [2.75, 3.05) is 16.8 Å². The van der Waals surface area contributed by atoms with Crippen molar-refractivity contribution in [2.24, 2.45) is 0 Å². The fourth-order valence-corrected chi connectivity index (χ4v) is 2.23. The van der Waals surface area contributed by atoms with Crippen LogP contribution >= 0.6 is 0 Å². The van der Waals surface area contributed by atoms with E-state index in [2.05, 4.69) is 10.3 Å². The molecule has 0 fully saturated rings. The van der Waals surface area contributed by atoms with E-state index >= 15 is 0 Å². The lowest BCUT2D eigenvalue weighted by molar-refractivity contribution is -0.122. The molecule has 0 atom stereocenters. The van der Waals surface area contributed by atoms with Gasteiger partial charge in [-0.3, -0.25) is 9.59 Å². The zero-order valence-electron chi connectivity index (χ0n) is 10.8. The number of imidazole rings is 1. The molecule has 1 aromatic carbocycles. The molecule has 20 heavy (non-hydrogen) atoms. The molecule has 0 aliphatic carbocycles. The number of fused-ring (bicyclic) bond motifs is 1. The Balaban J connectivity index is 1.76. The summed E-state index contributed by atoms with van der Waals surface area (Å²) in [7, 11) is 0. The Labute approximate surface area is 116 Å². The van der Waals surface area contributed by atoms with Crippen molar-refractivity contribution in [3.63, 3.8) is 0 Å². The molecule has 3 rings (SSSR count). The lowest BCUT2D eigenvalue weighted by Crippen LogP contribution is -2.42. The van der Waals surface area contributed by atoms with Crippen LogP contribution in [-0.2, 0) is 16.1 Å². The van der Waals surface area contributed by atoms with Crippen LogP contribution in [0.3, 0.4) is 0 Å². The number of benzene rings is 1. The van der Waals surface area contributed by atoms with Gasteiger partial charge < -0.3 is 14.8 Å². The molecule has 1 aliphatic heterocycles. The second-order valence-corrected chi connectivity index (χ2v) is 4.60. The van der Waals surface area contributed by atoms with Crippen LogP contribution in [0.2, 0.25) is 0 Å². The van der Waals surface area contributed by atoms with Crippen LogP contribution in [0.5, 0.6) is 0 Å². The normalized spacial score (nSPS) is 13.8. The van der Waals surface area contributed by atoms with Crippen molar-refractivity contribution >= 4 is 23.2 Å². The Morgan fingerprint density at radius 1 is 1.35 bits per heavy atom. The van der Waals surface area contributed by atoms with E-state index in [1.165, 1.54) is 4.90 Å². The molecule has 1 aliphatic rings. The Hall–Kier alpha value is -2.63. The van der Waals surface area contributed by atoms with Crippen molar-refractivity contribution < 1.29 is 9.59 Å². The van der Waals surface area contributed by atoms with Gasteiger partial charge in [-0.15, -0.1) is 0 Å². The minimum absolute atomic E-state index is 0.0685. The highest BCUT2D eigenvalue weighted by molar-refractivity contribution is 6.09. The molecule has 1 N–H and O–H groups in total. The summed E-state index contributed by atoms with van der Waals surface area (Å²) >= 11 is 0. The number of hydrogen-bond acceptors (Lipinski definition) is 3. The first-order chi connectivity index (χ1) is 9.74. The lowest BCUT2D eigenvalue weighted by Gasteiger charge is -2.29. The van der Waals surface area contributed by atoms with Crippen molar-refractivity contribution in [3.05, 3.63) is 43.0 Å². The first-order valence-corrected chi connectivity index (χ1v) is 6.39. The highest BCUT2D eigenvalue weighted by atomic mass is 16.2. The maximum absolute atomic E-state index is 12.3. The number of amides is 2. The van der Waals surface area contributed by atoms with E-state index in [-0.39, 0.29) is 18.4 Å². The van der Waals surface area contributed by atoms with Crippen LogP contribution in [0, 0.1) is 0 Å². The molecule has 0 saturated heterocycles. The second kappa shape index (κ2) is 5.16. The third-order valence-electron chi connectivity index (χ3n) is 3.21. The molecular weight excluding hydrogens is 256 g/mol. The predicted molar refractivity (Wildman–Crippen MR) is 74.3 cm³/mol. The molecule has 2 heterocycles. The number of aromatic nitrogens is 2. The van der Waals surface area contributed by atoms with Gasteiger partial charge in [0.15, 0.2) is 0 Å². The summed E-state index contributed by atoms with van der Waals surface area (Å²) in [4.78, 5) is 29.4. The van der Waals surface area contributed by atoms with Gasteiger partial charge in [-0.2, -0.15) is 0 Å². The molecule has 6 heteroatoms. The zero-order valence-corrected chi connectivity index (χ0v) is 10.8. The molecular formula is C14H14N4O2. The quantitative estimate of drug-likeness (QED) is 0.913. The standard InChI is InChI=1S/C14H14N4O2/c19-13-9-18(12-4-2-1-3-11(12)16-13)14(20)5-7-17-8-6-15-10-17/h1-4,6,8,10H,5,7,9H2,(H,16,19). The molecule has 6 nitrogen and oxygen atoms in total. The van der Waals surface area contributed by atoms with E-state index < -0.39 is 0 Å². The van der Waals surface area contributed by atoms with Crippen LogP contribution in [-0.4, -0.2) is 27.9 Å². The van der Waals surface area contributed by atoms with Gasteiger partial charge >= 0.3 is 0 Å². The Kier molecular flexibility index (Phi) is 3.20. The monoisotopic (exact) mass is 270 g/mol. The molecule has 102 valence electrons. The SMILES string of the molecule is O=C1CN(C(=O)CCn2ccnc2)c2ccccc2N1. The largest absolute Gasteiger partial charge is 0.337 e. The highest BCUT2D eigenvalue weighted by Crippen LogP contribution is 2.29. The van der Waals surface area contributed by atoms with Gasteiger partial charge in [-0.05, 0) is 12.1 Å². The molecule has 0 bridgehead atoms. The smallest absolute Gasteiger partial charge is 0.244 e. The summed E-state index contributed by atoms with van der Waals surface area (Å²) in [5, 5.41) is 2.77. The van der Waals surface area contributed by atoms with E-state index in [1.54, 1.807) is 18.6 Å². The number of carbonyl (C=O) groups is 2. The number of nitrogens with zero attached hydrogens (tertiary/aromatic N) is 3. The number of nitrogens with one attached hydrogen (secondary N) is 1. The Morgan fingerprint density at radius 2 is 2.20 bits per heavy atom. The van der Waals surface area contributed by atoms with Crippen molar-refractivity contribution in [2.45, 2.75) is 13.0 Å². The van der Waals surface area contributed by atoms with E-state index in [0.29, 0.717) is 18.7 Å². The molecule has 0 spiro atoms. The number of hydrogen-bond donors (Lipinski definition) is 1. The molecule has 0 radical (unpaired) electrons. The van der Waals surface area contributed by atoms with Gasteiger partial charge in [0.1, 0.15) is 6.54 Å². The molecule has 1 aromatic heterocycles. The maximum Gasteiger partial charge on any atom is 0.244 e. The van der Waals surface area contributed by atoms with E-state index in [9.17, 15) is 9.59 Å². The van der Waals surface area contributed by atoms with Gasteiger partial charge in [-0.25, -0.2) is 4.98 Å². The highest BCUT2D eigenvalue weighted by Gasteiger charge is 2.26. The fraction of sp³-hybridized carbons (Fsp3) is 0.214. The van der Waals surface area contributed by atoms with Gasteiger partial charge in [0.2, 0.25) is 11.8 Å². The Bertz CT molecular complexity index is 636. The summed E-state index contributed by atoms with van der Waals surface area (Å²) in [6, 6.07) is 7.32. The predicted octanol–water partition coefficient (Wildman–Crippen LogP) is 1.26. The third-order valence-corrected chi connectivity index (χ3v) is 3.21. The molecule has 0 unspecified atom stereocenters. The lowest BCUT2D eigenvalue weighted by atomic mass is 10.2. The summed E-state index contributed by atoms with van der Waals surface area (Å²) < 4.78 is 1.84. The number of aryl methyl sites for hydroxylation is 1. The van der Waals surface area contributed by atoms with E-state index in [4.69, 9.17) is 0 Å². The first-order valence-electron chi connectivity index (χ1n) is 6.39. The molecule has 2 aromatic rings. The Morgan fingerprint density at radius 3 is 3.00 bits per heavy atom. The molecule has 0 saturated carbocycles. The van der Waals surface area contributed by atoms with Crippen molar-refractivity contribution in [1.29, 1.82) is 0 Å². The fourth-order valence-electron chi connectivity index (χ4n) is 2.23. The average Bonchev–Trinajstić information content (AvgIpc) is 2.97. The van der Waals surface area contributed by atoms with Gasteiger partial charge in [-0.1, -0.05) is 12.1 Å². The summed E-state index contributed by atoms with van der Waals surface area (Å²) in [5.41, 5.74) is 1.43. The van der Waals surface area contributed by atoms with E-state index in [0.717, 1.165) is 5.69 Å².